The zero-order chi connectivity index (χ0) is 8.97. The van der Waals surface area contributed by atoms with Crippen LogP contribution in [-0.2, 0) is 0 Å². The van der Waals surface area contributed by atoms with Crippen molar-refractivity contribution < 1.29 is 9.13 Å². The molecule has 66 valence electrons. The van der Waals surface area contributed by atoms with E-state index in [-0.39, 0.29) is 10.8 Å². The molecule has 4 heteroatoms. The van der Waals surface area contributed by atoms with E-state index < -0.39 is 0 Å². The Hall–Kier alpha value is -0.410. The molecule has 12 heavy (non-hydrogen) atoms. The summed E-state index contributed by atoms with van der Waals surface area (Å²) < 4.78 is 17.7. The second-order valence-corrected chi connectivity index (χ2v) is 3.00. The average molecular weight is 207 g/mol. The van der Waals surface area contributed by atoms with Gasteiger partial charge < -0.3 is 4.74 Å². The summed E-state index contributed by atoms with van der Waals surface area (Å²) >= 11 is 9.64. The Bertz CT molecular complexity index is 267. The number of hydrogen-bond donors (Lipinski definition) is 1. The summed E-state index contributed by atoms with van der Waals surface area (Å²) in [4.78, 5) is 0. The first-order chi connectivity index (χ1) is 5.74. The van der Waals surface area contributed by atoms with Gasteiger partial charge in [0, 0.05) is 5.75 Å². The van der Waals surface area contributed by atoms with E-state index in [9.17, 15) is 4.39 Å². The highest BCUT2D eigenvalue weighted by Crippen LogP contribution is 2.24. The molecule has 0 aliphatic carbocycles. The van der Waals surface area contributed by atoms with E-state index in [1.54, 1.807) is 0 Å². The van der Waals surface area contributed by atoms with E-state index in [2.05, 4.69) is 12.6 Å². The Kier molecular flexibility index (Phi) is 3.69. The standard InChI is InChI=1S/C8H8ClFOS/c9-7-5-6(10)1-2-8(7)11-3-4-12/h1-2,5,12H,3-4H2. The number of rotatable bonds is 3. The lowest BCUT2D eigenvalue weighted by Crippen LogP contribution is -1.98. The van der Waals surface area contributed by atoms with Crippen LogP contribution in [0, 0.1) is 5.82 Å². The van der Waals surface area contributed by atoms with Crippen molar-refractivity contribution >= 4 is 24.2 Å². The first-order valence-corrected chi connectivity index (χ1v) is 4.44. The first-order valence-electron chi connectivity index (χ1n) is 3.43. The monoisotopic (exact) mass is 206 g/mol. The summed E-state index contributed by atoms with van der Waals surface area (Å²) in [5.74, 6) is 0.735. The number of halogens is 2. The Balaban J connectivity index is 2.72. The quantitative estimate of drug-likeness (QED) is 0.749. The maximum absolute atomic E-state index is 12.5. The zero-order valence-electron chi connectivity index (χ0n) is 6.26. The minimum Gasteiger partial charge on any atom is -0.491 e. The van der Waals surface area contributed by atoms with Crippen LogP contribution >= 0.6 is 24.2 Å². The molecule has 1 aromatic carbocycles. The predicted molar refractivity (Wildman–Crippen MR) is 50.8 cm³/mol. The van der Waals surface area contributed by atoms with E-state index in [0.29, 0.717) is 18.1 Å². The minimum absolute atomic E-state index is 0.289. The van der Waals surface area contributed by atoms with Crippen molar-refractivity contribution in [2.75, 3.05) is 12.4 Å². The molecule has 0 saturated heterocycles. The Morgan fingerprint density at radius 2 is 2.25 bits per heavy atom. The average Bonchev–Trinajstić information content (AvgIpc) is 2.03. The molecular formula is C8H8ClFOS. The van der Waals surface area contributed by atoms with Crippen molar-refractivity contribution in [3.05, 3.63) is 29.0 Å². The summed E-state index contributed by atoms with van der Waals surface area (Å²) in [5.41, 5.74) is 0. The molecule has 1 rings (SSSR count). The van der Waals surface area contributed by atoms with Crippen molar-refractivity contribution in [3.8, 4) is 5.75 Å². The van der Waals surface area contributed by atoms with Gasteiger partial charge in [-0.1, -0.05) is 11.6 Å². The molecule has 0 aliphatic heterocycles. The van der Waals surface area contributed by atoms with Crippen molar-refractivity contribution in [3.63, 3.8) is 0 Å². The molecule has 0 unspecified atom stereocenters. The maximum atomic E-state index is 12.5. The molecule has 1 nitrogen and oxygen atoms in total. The summed E-state index contributed by atoms with van der Waals surface area (Å²) in [6, 6.07) is 4.02. The van der Waals surface area contributed by atoms with Crippen LogP contribution in [-0.4, -0.2) is 12.4 Å². The third kappa shape index (κ3) is 2.57. The molecule has 0 spiro atoms. The third-order valence-corrected chi connectivity index (χ3v) is 1.72. The van der Waals surface area contributed by atoms with E-state index >= 15 is 0 Å². The Morgan fingerprint density at radius 1 is 1.50 bits per heavy atom. The molecule has 0 aliphatic rings. The van der Waals surface area contributed by atoms with Gasteiger partial charge in [-0.3, -0.25) is 0 Å². The van der Waals surface area contributed by atoms with Crippen molar-refractivity contribution in [2.45, 2.75) is 0 Å². The molecule has 0 bridgehead atoms. The number of benzene rings is 1. The van der Waals surface area contributed by atoms with E-state index in [0.717, 1.165) is 0 Å². The van der Waals surface area contributed by atoms with Gasteiger partial charge >= 0.3 is 0 Å². The van der Waals surface area contributed by atoms with Gasteiger partial charge in [0.15, 0.2) is 0 Å². The number of thiol groups is 1. The lowest BCUT2D eigenvalue weighted by molar-refractivity contribution is 0.344. The van der Waals surface area contributed by atoms with Gasteiger partial charge in [-0.25, -0.2) is 4.39 Å². The predicted octanol–water partition coefficient (Wildman–Crippen LogP) is 2.79. The highest BCUT2D eigenvalue weighted by molar-refractivity contribution is 7.80. The van der Waals surface area contributed by atoms with Crippen LogP contribution in [0.3, 0.4) is 0 Å². The second-order valence-electron chi connectivity index (χ2n) is 2.15. The van der Waals surface area contributed by atoms with Crippen molar-refractivity contribution in [1.82, 2.24) is 0 Å². The molecule has 1 aromatic rings. The molecule has 0 amide bonds. The molecule has 0 fully saturated rings. The van der Waals surface area contributed by atoms with Gasteiger partial charge in [0.1, 0.15) is 11.6 Å². The molecular weight excluding hydrogens is 199 g/mol. The van der Waals surface area contributed by atoms with Crippen LogP contribution in [0.5, 0.6) is 5.75 Å². The molecule has 0 aromatic heterocycles. The molecule has 0 atom stereocenters. The summed E-state index contributed by atoms with van der Waals surface area (Å²) in [5, 5.41) is 0.289. The maximum Gasteiger partial charge on any atom is 0.138 e. The van der Waals surface area contributed by atoms with Gasteiger partial charge in [0.05, 0.1) is 11.6 Å². The number of hydrogen-bond acceptors (Lipinski definition) is 2. The second kappa shape index (κ2) is 4.58. The lowest BCUT2D eigenvalue weighted by atomic mass is 10.3. The third-order valence-electron chi connectivity index (χ3n) is 1.24. The fourth-order valence-corrected chi connectivity index (χ4v) is 1.06. The van der Waals surface area contributed by atoms with E-state index in [1.807, 2.05) is 0 Å². The van der Waals surface area contributed by atoms with Gasteiger partial charge in [-0.2, -0.15) is 12.6 Å². The van der Waals surface area contributed by atoms with Gasteiger partial charge in [-0.05, 0) is 18.2 Å². The summed E-state index contributed by atoms with van der Waals surface area (Å²) in [6.07, 6.45) is 0. The summed E-state index contributed by atoms with van der Waals surface area (Å²) in [6.45, 7) is 0.467. The Morgan fingerprint density at radius 3 is 2.83 bits per heavy atom. The first kappa shape index (κ1) is 9.68. The zero-order valence-corrected chi connectivity index (χ0v) is 7.91. The topological polar surface area (TPSA) is 9.23 Å². The normalized spacial score (nSPS) is 9.92. The highest BCUT2D eigenvalue weighted by atomic mass is 35.5. The van der Waals surface area contributed by atoms with Crippen LogP contribution in [0.2, 0.25) is 5.02 Å². The van der Waals surface area contributed by atoms with Gasteiger partial charge in [0.2, 0.25) is 0 Å². The fourth-order valence-electron chi connectivity index (χ4n) is 0.748. The van der Waals surface area contributed by atoms with Crippen molar-refractivity contribution in [2.24, 2.45) is 0 Å². The van der Waals surface area contributed by atoms with Crippen molar-refractivity contribution in [1.29, 1.82) is 0 Å². The molecule has 0 N–H and O–H groups in total. The van der Waals surface area contributed by atoms with E-state index in [4.69, 9.17) is 16.3 Å². The van der Waals surface area contributed by atoms with Crippen LogP contribution in [0.25, 0.3) is 0 Å². The Labute approximate surface area is 80.9 Å². The molecule has 0 radical (unpaired) electrons. The van der Waals surface area contributed by atoms with E-state index in [1.165, 1.54) is 18.2 Å². The van der Waals surface area contributed by atoms with Crippen LogP contribution in [0.4, 0.5) is 4.39 Å². The van der Waals surface area contributed by atoms with Gasteiger partial charge in [0.25, 0.3) is 0 Å². The summed E-state index contributed by atoms with van der Waals surface area (Å²) in [7, 11) is 0. The van der Waals surface area contributed by atoms with Crippen LogP contribution in [0.15, 0.2) is 18.2 Å². The fraction of sp³-hybridized carbons (Fsp3) is 0.250. The smallest absolute Gasteiger partial charge is 0.138 e. The number of ether oxygens (including phenoxy) is 1. The lowest BCUT2D eigenvalue weighted by Gasteiger charge is -2.05. The van der Waals surface area contributed by atoms with Crippen LogP contribution < -0.4 is 4.74 Å². The largest absolute Gasteiger partial charge is 0.491 e. The SMILES string of the molecule is Fc1ccc(OCCS)c(Cl)c1. The van der Waals surface area contributed by atoms with Gasteiger partial charge in [-0.15, -0.1) is 0 Å². The van der Waals surface area contributed by atoms with Crippen LogP contribution in [0.1, 0.15) is 0 Å². The highest BCUT2D eigenvalue weighted by Gasteiger charge is 2.01. The minimum atomic E-state index is -0.363. The molecule has 0 heterocycles. The molecule has 0 saturated carbocycles.